The summed E-state index contributed by atoms with van der Waals surface area (Å²) in [4.78, 5) is 15.7. The molecule has 0 atom stereocenters. The van der Waals surface area contributed by atoms with Crippen molar-refractivity contribution < 1.29 is 8.83 Å². The van der Waals surface area contributed by atoms with Gasteiger partial charge < -0.3 is 13.4 Å². The zero-order valence-electron chi connectivity index (χ0n) is 31.4. The summed E-state index contributed by atoms with van der Waals surface area (Å²) in [5, 5.41) is 11.1. The molecule has 0 amide bonds. The van der Waals surface area contributed by atoms with Gasteiger partial charge in [-0.05, 0) is 76.1 Å². The van der Waals surface area contributed by atoms with Gasteiger partial charge in [-0.25, -0.2) is 15.0 Å². The second-order valence-corrected chi connectivity index (χ2v) is 15.2. The first-order valence-corrected chi connectivity index (χ1v) is 19.8. The summed E-state index contributed by atoms with van der Waals surface area (Å²) in [5.74, 6) is 1.59. The van der Waals surface area contributed by atoms with Crippen LogP contribution in [0, 0.1) is 0 Å². The van der Waals surface area contributed by atoms with Gasteiger partial charge in [0, 0.05) is 32.5 Å². The first kappa shape index (κ1) is 32.0. The number of benzene rings is 9. The van der Waals surface area contributed by atoms with Gasteiger partial charge in [0.25, 0.3) is 0 Å². The third kappa shape index (κ3) is 4.77. The monoisotopic (exact) mass is 754 g/mol. The van der Waals surface area contributed by atoms with Gasteiger partial charge in [-0.3, -0.25) is 0 Å². The van der Waals surface area contributed by atoms with Crippen molar-refractivity contribution >= 4 is 87.2 Å². The van der Waals surface area contributed by atoms with E-state index in [1.54, 1.807) is 0 Å². The van der Waals surface area contributed by atoms with Gasteiger partial charge in [-0.15, -0.1) is 0 Å². The van der Waals surface area contributed by atoms with Crippen LogP contribution in [0.15, 0.2) is 191 Å². The molecule has 13 rings (SSSR count). The van der Waals surface area contributed by atoms with Crippen molar-refractivity contribution in [3.8, 4) is 39.9 Å². The number of para-hydroxylation sites is 4. The minimum absolute atomic E-state index is 0.509. The van der Waals surface area contributed by atoms with E-state index in [9.17, 15) is 0 Å². The third-order valence-electron chi connectivity index (χ3n) is 11.8. The van der Waals surface area contributed by atoms with Crippen molar-refractivity contribution in [1.82, 2.24) is 19.5 Å². The van der Waals surface area contributed by atoms with E-state index in [1.807, 2.05) is 42.5 Å². The summed E-state index contributed by atoms with van der Waals surface area (Å²) in [6.45, 7) is 0. The van der Waals surface area contributed by atoms with E-state index in [4.69, 9.17) is 23.8 Å². The SMILES string of the molecule is c1ccc2cc(-c3nc(-c4cccc5c4oc4ccccc45)nc(-c4ccc(-n5c6ccccc6c6cc7ccccc7cc65)c5c4oc4ccccc45)n3)ccc2c1. The van der Waals surface area contributed by atoms with Crippen LogP contribution in [0.25, 0.3) is 127 Å². The maximum atomic E-state index is 6.90. The van der Waals surface area contributed by atoms with E-state index in [2.05, 4.69) is 144 Å². The van der Waals surface area contributed by atoms with Gasteiger partial charge in [0.15, 0.2) is 17.5 Å². The molecule has 0 aliphatic carbocycles. The lowest BCUT2D eigenvalue weighted by Crippen LogP contribution is -2.01. The van der Waals surface area contributed by atoms with Gasteiger partial charge in [0.1, 0.15) is 22.3 Å². The molecule has 0 saturated heterocycles. The smallest absolute Gasteiger partial charge is 0.167 e. The van der Waals surface area contributed by atoms with Gasteiger partial charge in [-0.2, -0.15) is 0 Å². The first-order chi connectivity index (χ1) is 29.2. The normalized spacial score (nSPS) is 12.1. The molecule has 0 saturated carbocycles. The van der Waals surface area contributed by atoms with Crippen molar-refractivity contribution in [2.45, 2.75) is 0 Å². The number of fused-ring (bicyclic) bond motifs is 11. The molecule has 0 spiro atoms. The van der Waals surface area contributed by atoms with Crippen LogP contribution in [-0.2, 0) is 0 Å². The summed E-state index contributed by atoms with van der Waals surface area (Å²) < 4.78 is 15.8. The average molecular weight is 755 g/mol. The molecule has 0 aliphatic rings. The number of furan rings is 2. The zero-order valence-corrected chi connectivity index (χ0v) is 31.4. The van der Waals surface area contributed by atoms with Crippen LogP contribution < -0.4 is 0 Å². The van der Waals surface area contributed by atoms with Crippen molar-refractivity contribution in [1.29, 1.82) is 0 Å². The molecule has 4 aromatic heterocycles. The second-order valence-electron chi connectivity index (χ2n) is 15.2. The molecular weight excluding hydrogens is 725 g/mol. The average Bonchev–Trinajstić information content (AvgIpc) is 3.98. The molecule has 0 aliphatic heterocycles. The molecule has 0 unspecified atom stereocenters. The molecule has 0 N–H and O–H groups in total. The second kappa shape index (κ2) is 12.2. The Balaban J connectivity index is 1.11. The third-order valence-corrected chi connectivity index (χ3v) is 11.8. The van der Waals surface area contributed by atoms with Crippen molar-refractivity contribution in [3.05, 3.63) is 182 Å². The number of aromatic nitrogens is 4. The van der Waals surface area contributed by atoms with E-state index in [0.717, 1.165) is 82.5 Å². The van der Waals surface area contributed by atoms with Gasteiger partial charge >= 0.3 is 0 Å². The summed E-state index contributed by atoms with van der Waals surface area (Å²) in [6, 6.07) is 63.3. The quantitative estimate of drug-likeness (QED) is 0.179. The maximum Gasteiger partial charge on any atom is 0.167 e. The summed E-state index contributed by atoms with van der Waals surface area (Å²) in [6.07, 6.45) is 0. The predicted molar refractivity (Wildman–Crippen MR) is 240 cm³/mol. The fraction of sp³-hybridized carbons (Fsp3) is 0. The molecule has 59 heavy (non-hydrogen) atoms. The molecular formula is C53H30N4O2. The van der Waals surface area contributed by atoms with E-state index in [1.165, 1.54) is 21.5 Å². The van der Waals surface area contributed by atoms with Gasteiger partial charge in [0.05, 0.1) is 33.2 Å². The predicted octanol–water partition coefficient (Wildman–Crippen LogP) is 14.1. The fourth-order valence-electron chi connectivity index (χ4n) is 9.09. The van der Waals surface area contributed by atoms with Crippen LogP contribution in [-0.4, -0.2) is 19.5 Å². The Labute approximate surface area is 336 Å². The van der Waals surface area contributed by atoms with Crippen LogP contribution >= 0.6 is 0 Å². The Kier molecular flexibility index (Phi) is 6.63. The van der Waals surface area contributed by atoms with Crippen LogP contribution in [0.3, 0.4) is 0 Å². The van der Waals surface area contributed by atoms with Gasteiger partial charge in [-0.1, -0.05) is 127 Å². The molecule has 6 heteroatoms. The largest absolute Gasteiger partial charge is 0.455 e. The molecule has 0 bridgehead atoms. The van der Waals surface area contributed by atoms with E-state index in [-0.39, 0.29) is 0 Å². The molecule has 274 valence electrons. The number of hydrogen-bond acceptors (Lipinski definition) is 5. The van der Waals surface area contributed by atoms with Crippen LogP contribution in [0.1, 0.15) is 0 Å². The van der Waals surface area contributed by atoms with Crippen LogP contribution in [0.4, 0.5) is 0 Å². The van der Waals surface area contributed by atoms with E-state index < -0.39 is 0 Å². The Hall–Kier alpha value is -8.09. The minimum atomic E-state index is 0.509. The fourth-order valence-corrected chi connectivity index (χ4v) is 9.09. The Morgan fingerprint density at radius 3 is 1.76 bits per heavy atom. The standard InChI is InChI=1S/C53H30N4O2/c1-2-13-32-28-35(25-24-31(32)12-1)51-54-52(40-20-11-19-38-37-17-6-9-22-46(37)58-49(38)40)56-53(55-51)41-26-27-44(48-39-18-7-10-23-47(39)59-50(41)48)57-43-21-8-5-16-36(43)42-29-33-14-3-4-15-34(33)30-45(42)57/h1-30H. The zero-order chi connectivity index (χ0) is 38.6. The van der Waals surface area contributed by atoms with Crippen LogP contribution in [0.2, 0.25) is 0 Å². The highest BCUT2D eigenvalue weighted by molar-refractivity contribution is 6.18. The van der Waals surface area contributed by atoms with Crippen molar-refractivity contribution in [2.24, 2.45) is 0 Å². The van der Waals surface area contributed by atoms with Crippen LogP contribution in [0.5, 0.6) is 0 Å². The Morgan fingerprint density at radius 2 is 0.949 bits per heavy atom. The minimum Gasteiger partial charge on any atom is -0.455 e. The Morgan fingerprint density at radius 1 is 0.356 bits per heavy atom. The molecule has 4 heterocycles. The Bertz CT molecular complexity index is 3870. The lowest BCUT2D eigenvalue weighted by atomic mass is 10.0. The maximum absolute atomic E-state index is 6.90. The van der Waals surface area contributed by atoms with E-state index in [0.29, 0.717) is 23.1 Å². The van der Waals surface area contributed by atoms with E-state index >= 15 is 0 Å². The van der Waals surface area contributed by atoms with Gasteiger partial charge in [0.2, 0.25) is 0 Å². The van der Waals surface area contributed by atoms with Crippen molar-refractivity contribution in [2.75, 3.05) is 0 Å². The summed E-state index contributed by atoms with van der Waals surface area (Å²) >= 11 is 0. The van der Waals surface area contributed by atoms with Crippen molar-refractivity contribution in [3.63, 3.8) is 0 Å². The highest BCUT2D eigenvalue weighted by atomic mass is 16.3. The molecule has 0 fully saturated rings. The summed E-state index contributed by atoms with van der Waals surface area (Å²) in [5.41, 5.74) is 8.77. The summed E-state index contributed by atoms with van der Waals surface area (Å²) in [7, 11) is 0. The lowest BCUT2D eigenvalue weighted by molar-refractivity contribution is 0.669. The molecule has 13 aromatic rings. The molecule has 6 nitrogen and oxygen atoms in total. The number of rotatable bonds is 4. The number of hydrogen-bond donors (Lipinski definition) is 0. The highest BCUT2D eigenvalue weighted by Crippen LogP contribution is 2.43. The highest BCUT2D eigenvalue weighted by Gasteiger charge is 2.24. The number of nitrogens with zero attached hydrogens (tertiary/aromatic N) is 4. The molecule has 0 radical (unpaired) electrons. The topological polar surface area (TPSA) is 69.9 Å². The first-order valence-electron chi connectivity index (χ1n) is 19.8. The lowest BCUT2D eigenvalue weighted by Gasteiger charge is -2.13. The molecule has 9 aromatic carbocycles.